The van der Waals surface area contributed by atoms with Crippen LogP contribution in [0.5, 0.6) is 0 Å². The first-order valence-corrected chi connectivity index (χ1v) is 6.93. The molecule has 0 atom stereocenters. The second-order valence-corrected chi connectivity index (χ2v) is 5.34. The summed E-state index contributed by atoms with van der Waals surface area (Å²) in [6.45, 7) is 3.62. The number of rotatable bonds is 1. The molecule has 1 aliphatic heterocycles. The molecule has 1 fully saturated rings. The maximum absolute atomic E-state index is 14.4. The summed E-state index contributed by atoms with van der Waals surface area (Å²) in [6.07, 6.45) is 2.71. The van der Waals surface area contributed by atoms with Crippen LogP contribution in [0.4, 0.5) is 15.8 Å². The Hall–Kier alpha value is -1.88. The fraction of sp³-hybridized carbons (Fsp3) is 0.400. The summed E-state index contributed by atoms with van der Waals surface area (Å²) in [5.41, 5.74) is 7.60. The molecule has 1 aromatic heterocycles. The minimum absolute atomic E-state index is 0.279. The quantitative estimate of drug-likeness (QED) is 0.809. The first-order valence-electron chi connectivity index (χ1n) is 6.93. The molecule has 0 spiro atoms. The van der Waals surface area contributed by atoms with Crippen molar-refractivity contribution in [2.24, 2.45) is 0 Å². The maximum atomic E-state index is 14.4. The van der Waals surface area contributed by atoms with Crippen LogP contribution in [-0.2, 0) is 0 Å². The molecular weight excluding hydrogens is 255 g/mol. The van der Waals surface area contributed by atoms with Gasteiger partial charge < -0.3 is 15.5 Å². The number of nitrogens with two attached hydrogens (primary N) is 1. The Morgan fingerprint density at radius 2 is 2.10 bits per heavy atom. The molecule has 1 aliphatic rings. The van der Waals surface area contributed by atoms with Crippen molar-refractivity contribution in [3.05, 3.63) is 30.2 Å². The molecule has 0 aliphatic carbocycles. The predicted molar refractivity (Wildman–Crippen MR) is 80.4 cm³/mol. The molecule has 2 heterocycles. The van der Waals surface area contributed by atoms with Gasteiger partial charge in [-0.15, -0.1) is 0 Å². The van der Waals surface area contributed by atoms with Gasteiger partial charge >= 0.3 is 0 Å². The number of pyridine rings is 1. The van der Waals surface area contributed by atoms with E-state index in [4.69, 9.17) is 5.73 Å². The van der Waals surface area contributed by atoms with Crippen molar-refractivity contribution in [1.29, 1.82) is 0 Å². The van der Waals surface area contributed by atoms with Gasteiger partial charge in [-0.1, -0.05) is 0 Å². The molecule has 1 saturated heterocycles. The topological polar surface area (TPSA) is 45.4 Å². The highest BCUT2D eigenvalue weighted by Gasteiger charge is 2.20. The maximum Gasteiger partial charge on any atom is 0.150 e. The van der Waals surface area contributed by atoms with Crippen LogP contribution in [0.2, 0.25) is 0 Å². The fourth-order valence-corrected chi connectivity index (χ4v) is 2.79. The van der Waals surface area contributed by atoms with Crippen molar-refractivity contribution in [2.45, 2.75) is 6.42 Å². The number of benzene rings is 1. The van der Waals surface area contributed by atoms with Crippen LogP contribution in [0.1, 0.15) is 6.42 Å². The molecule has 106 valence electrons. The summed E-state index contributed by atoms with van der Waals surface area (Å²) in [5, 5.41) is 0.821. The smallest absolute Gasteiger partial charge is 0.150 e. The lowest BCUT2D eigenvalue weighted by Crippen LogP contribution is -2.29. The average Bonchev–Trinajstić information content (AvgIpc) is 2.64. The lowest BCUT2D eigenvalue weighted by atomic mass is 10.1. The summed E-state index contributed by atoms with van der Waals surface area (Å²) in [5.74, 6) is -0.279. The van der Waals surface area contributed by atoms with E-state index < -0.39 is 0 Å². The van der Waals surface area contributed by atoms with Gasteiger partial charge in [-0.25, -0.2) is 4.39 Å². The van der Waals surface area contributed by atoms with Crippen LogP contribution < -0.4 is 10.6 Å². The number of anilines is 2. The number of halogens is 1. The number of aromatic nitrogens is 1. The highest BCUT2D eigenvalue weighted by Crippen LogP contribution is 2.32. The first kappa shape index (κ1) is 13.1. The van der Waals surface area contributed by atoms with Gasteiger partial charge in [0.15, 0.2) is 5.82 Å². The lowest BCUT2D eigenvalue weighted by Gasteiger charge is -2.24. The third-order valence-electron chi connectivity index (χ3n) is 3.89. The molecule has 4 nitrogen and oxygen atoms in total. The second-order valence-electron chi connectivity index (χ2n) is 5.34. The minimum Gasteiger partial charge on any atom is -0.398 e. The molecule has 3 rings (SSSR count). The third-order valence-corrected chi connectivity index (χ3v) is 3.89. The van der Waals surface area contributed by atoms with Crippen molar-refractivity contribution < 1.29 is 4.39 Å². The van der Waals surface area contributed by atoms with Crippen LogP contribution >= 0.6 is 0 Å². The van der Waals surface area contributed by atoms with Crippen LogP contribution in [0, 0.1) is 5.82 Å². The second kappa shape index (κ2) is 5.25. The molecule has 0 radical (unpaired) electrons. The zero-order chi connectivity index (χ0) is 14.1. The summed E-state index contributed by atoms with van der Waals surface area (Å²) >= 11 is 0. The highest BCUT2D eigenvalue weighted by molar-refractivity contribution is 5.98. The summed E-state index contributed by atoms with van der Waals surface area (Å²) in [6, 6.07) is 5.13. The molecule has 5 heteroatoms. The van der Waals surface area contributed by atoms with Crippen molar-refractivity contribution in [3.8, 4) is 0 Å². The lowest BCUT2D eigenvalue weighted by molar-refractivity contribution is 0.360. The Morgan fingerprint density at radius 3 is 2.95 bits per heavy atom. The van der Waals surface area contributed by atoms with E-state index in [1.165, 1.54) is 6.07 Å². The zero-order valence-electron chi connectivity index (χ0n) is 11.6. The van der Waals surface area contributed by atoms with Gasteiger partial charge in [0.2, 0.25) is 0 Å². The van der Waals surface area contributed by atoms with Gasteiger partial charge in [-0.3, -0.25) is 4.98 Å². The molecule has 0 bridgehead atoms. The highest BCUT2D eigenvalue weighted by atomic mass is 19.1. The summed E-state index contributed by atoms with van der Waals surface area (Å²) in [4.78, 5) is 8.71. The number of hydrogen-bond donors (Lipinski definition) is 1. The van der Waals surface area contributed by atoms with Gasteiger partial charge in [0.1, 0.15) is 0 Å². The first-order chi connectivity index (χ1) is 9.66. The Morgan fingerprint density at radius 1 is 1.25 bits per heavy atom. The Balaban J connectivity index is 2.10. The van der Waals surface area contributed by atoms with E-state index in [2.05, 4.69) is 21.8 Å². The Kier molecular flexibility index (Phi) is 3.44. The zero-order valence-corrected chi connectivity index (χ0v) is 11.6. The van der Waals surface area contributed by atoms with E-state index >= 15 is 0 Å². The molecule has 2 N–H and O–H groups in total. The summed E-state index contributed by atoms with van der Waals surface area (Å²) in [7, 11) is 2.10. The molecule has 0 unspecified atom stereocenters. The van der Waals surface area contributed by atoms with Gasteiger partial charge in [0, 0.05) is 36.9 Å². The van der Waals surface area contributed by atoms with E-state index in [-0.39, 0.29) is 5.82 Å². The van der Waals surface area contributed by atoms with E-state index in [0.29, 0.717) is 16.9 Å². The van der Waals surface area contributed by atoms with Crippen molar-refractivity contribution >= 4 is 22.3 Å². The molecule has 0 saturated carbocycles. The summed E-state index contributed by atoms with van der Waals surface area (Å²) < 4.78 is 14.4. The monoisotopic (exact) mass is 274 g/mol. The van der Waals surface area contributed by atoms with Gasteiger partial charge in [-0.2, -0.15) is 0 Å². The normalized spacial score (nSPS) is 17.4. The Labute approximate surface area is 118 Å². The van der Waals surface area contributed by atoms with Crippen LogP contribution in [0.15, 0.2) is 24.4 Å². The van der Waals surface area contributed by atoms with Crippen molar-refractivity contribution in [1.82, 2.24) is 9.88 Å². The van der Waals surface area contributed by atoms with E-state index in [9.17, 15) is 4.39 Å². The predicted octanol–water partition coefficient (Wildman–Crippen LogP) is 2.10. The standard InChI is InChI=1S/C15H19FN4/c1-19-6-3-7-20(9-8-19)15-12(16)10-13(17)11-4-2-5-18-14(11)15/h2,4-5,10H,3,6-9,17H2,1H3. The number of likely N-dealkylation sites (N-methyl/N-ethyl adjacent to an activating group) is 1. The van der Waals surface area contributed by atoms with Gasteiger partial charge in [0.25, 0.3) is 0 Å². The van der Waals surface area contributed by atoms with E-state index in [1.807, 2.05) is 12.1 Å². The fourth-order valence-electron chi connectivity index (χ4n) is 2.79. The third kappa shape index (κ3) is 2.29. The van der Waals surface area contributed by atoms with Gasteiger partial charge in [0.05, 0.1) is 11.2 Å². The van der Waals surface area contributed by atoms with Crippen LogP contribution in [0.3, 0.4) is 0 Å². The van der Waals surface area contributed by atoms with Crippen molar-refractivity contribution in [2.75, 3.05) is 43.9 Å². The molecule has 2 aromatic rings. The minimum atomic E-state index is -0.279. The molecule has 20 heavy (non-hydrogen) atoms. The van der Waals surface area contributed by atoms with Crippen LogP contribution in [-0.4, -0.2) is 43.1 Å². The van der Waals surface area contributed by atoms with Crippen LogP contribution in [0.25, 0.3) is 10.9 Å². The molecular formula is C15H19FN4. The average molecular weight is 274 g/mol. The SMILES string of the molecule is CN1CCCN(c2c(F)cc(N)c3cccnc23)CC1. The van der Waals surface area contributed by atoms with E-state index in [1.54, 1.807) is 6.20 Å². The van der Waals surface area contributed by atoms with Crippen molar-refractivity contribution in [3.63, 3.8) is 0 Å². The largest absolute Gasteiger partial charge is 0.398 e. The number of nitrogens with zero attached hydrogens (tertiary/aromatic N) is 3. The molecule has 0 amide bonds. The van der Waals surface area contributed by atoms with Gasteiger partial charge in [-0.05, 0) is 38.2 Å². The number of fused-ring (bicyclic) bond motifs is 1. The molecule has 1 aromatic carbocycles. The number of nitrogen functional groups attached to an aromatic ring is 1. The Bertz CT molecular complexity index is 629. The number of hydrogen-bond acceptors (Lipinski definition) is 4. The van der Waals surface area contributed by atoms with E-state index in [0.717, 1.165) is 38.0 Å².